The summed E-state index contributed by atoms with van der Waals surface area (Å²) < 4.78 is 4.93. The lowest BCUT2D eigenvalue weighted by Crippen LogP contribution is -2.26. The molecule has 0 aliphatic carbocycles. The highest BCUT2D eigenvalue weighted by Gasteiger charge is 2.21. The number of benzene rings is 1. The molecule has 2 heterocycles. The number of carbonyl (C=O) groups is 2. The number of carbonyl (C=O) groups excluding carboxylic acids is 2. The molecule has 7 heteroatoms. The molecule has 0 saturated carbocycles. The minimum Gasteiger partial charge on any atom is -0.448 e. The van der Waals surface area contributed by atoms with Crippen molar-refractivity contribution in [2.24, 2.45) is 0 Å². The van der Waals surface area contributed by atoms with E-state index in [0.29, 0.717) is 26.2 Å². The van der Waals surface area contributed by atoms with Gasteiger partial charge in [0.15, 0.2) is 0 Å². The Bertz CT molecular complexity index is 742. The van der Waals surface area contributed by atoms with E-state index in [0.717, 1.165) is 29.1 Å². The Kier molecular flexibility index (Phi) is 5.65. The topological polar surface area (TPSA) is 71.5 Å². The molecular formula is C18H21N3O3S. The molecule has 0 radical (unpaired) electrons. The number of nitrogens with one attached hydrogen (secondary N) is 1. The van der Waals surface area contributed by atoms with Gasteiger partial charge in [-0.05, 0) is 12.0 Å². The van der Waals surface area contributed by atoms with Gasteiger partial charge < -0.3 is 15.0 Å². The van der Waals surface area contributed by atoms with E-state index in [4.69, 9.17) is 4.74 Å². The van der Waals surface area contributed by atoms with Crippen LogP contribution in [0.5, 0.6) is 0 Å². The maximum Gasteiger partial charge on any atom is 0.409 e. The van der Waals surface area contributed by atoms with Gasteiger partial charge in [-0.2, -0.15) is 0 Å². The van der Waals surface area contributed by atoms with Crippen LogP contribution in [-0.4, -0.2) is 48.1 Å². The fraction of sp³-hybridized carbons (Fsp3) is 0.389. The number of cyclic esters (lactones) is 1. The number of rotatable bonds is 7. The number of nitrogens with zero attached hydrogens (tertiary/aromatic N) is 2. The van der Waals surface area contributed by atoms with Crippen LogP contribution in [0.1, 0.15) is 17.5 Å². The van der Waals surface area contributed by atoms with Crippen LogP contribution in [0.3, 0.4) is 0 Å². The molecule has 1 aromatic heterocycles. The van der Waals surface area contributed by atoms with Gasteiger partial charge in [-0.3, -0.25) is 4.79 Å². The van der Waals surface area contributed by atoms with Crippen molar-refractivity contribution in [2.75, 3.05) is 26.2 Å². The second-order valence-electron chi connectivity index (χ2n) is 5.91. The van der Waals surface area contributed by atoms with Crippen LogP contribution in [0.25, 0.3) is 11.3 Å². The highest BCUT2D eigenvalue weighted by molar-refractivity contribution is 7.09. The molecule has 6 nitrogen and oxygen atoms in total. The standard InChI is InChI=1S/C18H21N3O3S/c1-13(22)19-8-6-14-2-4-15(5-3-14)16-12-25-17(20-16)7-9-21-10-11-24-18(21)23/h2-5,12H,6-11H2,1H3,(H,19,22). The first-order chi connectivity index (χ1) is 12.1. The fourth-order valence-electron chi connectivity index (χ4n) is 2.64. The molecule has 1 fully saturated rings. The summed E-state index contributed by atoms with van der Waals surface area (Å²) in [4.78, 5) is 28.7. The number of hydrogen-bond acceptors (Lipinski definition) is 5. The van der Waals surface area contributed by atoms with E-state index in [-0.39, 0.29) is 12.0 Å². The molecule has 1 aliphatic rings. The Morgan fingerprint density at radius 2 is 2.12 bits per heavy atom. The van der Waals surface area contributed by atoms with E-state index in [2.05, 4.69) is 34.6 Å². The van der Waals surface area contributed by atoms with Gasteiger partial charge in [0.2, 0.25) is 5.91 Å². The number of hydrogen-bond donors (Lipinski definition) is 1. The van der Waals surface area contributed by atoms with E-state index in [1.807, 2.05) is 5.38 Å². The van der Waals surface area contributed by atoms with E-state index in [1.54, 1.807) is 16.2 Å². The molecule has 1 N–H and O–H groups in total. The third kappa shape index (κ3) is 4.79. The molecule has 25 heavy (non-hydrogen) atoms. The SMILES string of the molecule is CC(=O)NCCc1ccc(-c2csc(CCN3CCOC3=O)n2)cc1. The lowest BCUT2D eigenvalue weighted by Gasteiger charge is -2.10. The zero-order chi connectivity index (χ0) is 17.6. The van der Waals surface area contributed by atoms with Gasteiger partial charge in [0.05, 0.1) is 17.2 Å². The van der Waals surface area contributed by atoms with Crippen LogP contribution < -0.4 is 5.32 Å². The molecule has 1 saturated heterocycles. The van der Waals surface area contributed by atoms with Crippen LogP contribution >= 0.6 is 11.3 Å². The van der Waals surface area contributed by atoms with E-state index < -0.39 is 0 Å². The summed E-state index contributed by atoms with van der Waals surface area (Å²) in [6, 6.07) is 8.24. The Labute approximate surface area is 150 Å². The monoisotopic (exact) mass is 359 g/mol. The largest absolute Gasteiger partial charge is 0.448 e. The quantitative estimate of drug-likeness (QED) is 0.824. The normalized spacial score (nSPS) is 13.8. The average Bonchev–Trinajstić information content (AvgIpc) is 3.22. The molecule has 132 valence electrons. The summed E-state index contributed by atoms with van der Waals surface area (Å²) in [5, 5.41) is 5.86. The van der Waals surface area contributed by atoms with Crippen LogP contribution in [0, 0.1) is 0 Å². The van der Waals surface area contributed by atoms with Crippen LogP contribution in [0.15, 0.2) is 29.6 Å². The van der Waals surface area contributed by atoms with E-state index in [1.165, 1.54) is 12.5 Å². The van der Waals surface area contributed by atoms with Crippen molar-refractivity contribution in [1.29, 1.82) is 0 Å². The molecule has 3 rings (SSSR count). The molecule has 0 atom stereocenters. The zero-order valence-corrected chi connectivity index (χ0v) is 15.0. The van der Waals surface area contributed by atoms with Crippen molar-refractivity contribution in [1.82, 2.24) is 15.2 Å². The molecular weight excluding hydrogens is 338 g/mol. The fourth-order valence-corrected chi connectivity index (χ4v) is 3.44. The van der Waals surface area contributed by atoms with E-state index >= 15 is 0 Å². The molecule has 1 aromatic carbocycles. The van der Waals surface area contributed by atoms with Gasteiger partial charge in [0.25, 0.3) is 0 Å². The van der Waals surface area contributed by atoms with Crippen molar-refractivity contribution in [2.45, 2.75) is 19.8 Å². The van der Waals surface area contributed by atoms with Crippen molar-refractivity contribution in [3.63, 3.8) is 0 Å². The molecule has 1 aliphatic heterocycles. The zero-order valence-electron chi connectivity index (χ0n) is 14.2. The van der Waals surface area contributed by atoms with Crippen molar-refractivity contribution in [3.8, 4) is 11.3 Å². The summed E-state index contributed by atoms with van der Waals surface area (Å²) in [5.41, 5.74) is 3.21. The predicted octanol–water partition coefficient (Wildman–Crippen LogP) is 2.48. The van der Waals surface area contributed by atoms with Crippen LogP contribution in [0.2, 0.25) is 0 Å². The number of thiazole rings is 1. The lowest BCUT2D eigenvalue weighted by atomic mass is 10.1. The van der Waals surface area contributed by atoms with E-state index in [9.17, 15) is 9.59 Å². The summed E-state index contributed by atoms with van der Waals surface area (Å²) in [5.74, 6) is -0.00573. The maximum atomic E-state index is 11.4. The minimum absolute atomic E-state index is 0.00573. The lowest BCUT2D eigenvalue weighted by molar-refractivity contribution is -0.118. The molecule has 0 spiro atoms. The number of amides is 2. The third-order valence-corrected chi connectivity index (χ3v) is 4.94. The third-order valence-electron chi connectivity index (χ3n) is 4.03. The average molecular weight is 359 g/mol. The van der Waals surface area contributed by atoms with Gasteiger partial charge >= 0.3 is 6.09 Å². The second-order valence-corrected chi connectivity index (χ2v) is 6.85. The Balaban J connectivity index is 1.54. The van der Waals surface area contributed by atoms with Crippen molar-refractivity contribution >= 4 is 23.3 Å². The Morgan fingerprint density at radius 1 is 1.32 bits per heavy atom. The van der Waals surface area contributed by atoms with Gasteiger partial charge in [-0.1, -0.05) is 24.3 Å². The summed E-state index contributed by atoms with van der Waals surface area (Å²) in [6.45, 7) is 3.96. The second kappa shape index (κ2) is 8.11. The van der Waals surface area contributed by atoms with Crippen LogP contribution in [-0.2, 0) is 22.4 Å². The first kappa shape index (κ1) is 17.4. The highest BCUT2D eigenvalue weighted by Crippen LogP contribution is 2.23. The van der Waals surface area contributed by atoms with Crippen molar-refractivity contribution < 1.29 is 14.3 Å². The summed E-state index contributed by atoms with van der Waals surface area (Å²) in [7, 11) is 0. The number of aromatic nitrogens is 1. The molecule has 0 bridgehead atoms. The summed E-state index contributed by atoms with van der Waals surface area (Å²) >= 11 is 1.61. The minimum atomic E-state index is -0.230. The predicted molar refractivity (Wildman–Crippen MR) is 96.6 cm³/mol. The molecule has 2 aromatic rings. The number of ether oxygens (including phenoxy) is 1. The van der Waals surface area contributed by atoms with Gasteiger partial charge in [-0.15, -0.1) is 11.3 Å². The summed E-state index contributed by atoms with van der Waals surface area (Å²) in [6.07, 6.45) is 1.33. The van der Waals surface area contributed by atoms with Crippen molar-refractivity contribution in [3.05, 3.63) is 40.2 Å². The first-order valence-corrected chi connectivity index (χ1v) is 9.19. The smallest absolute Gasteiger partial charge is 0.409 e. The van der Waals surface area contributed by atoms with Crippen LogP contribution in [0.4, 0.5) is 4.79 Å². The Morgan fingerprint density at radius 3 is 2.80 bits per heavy atom. The van der Waals surface area contributed by atoms with Gasteiger partial charge in [-0.25, -0.2) is 9.78 Å². The maximum absolute atomic E-state index is 11.4. The Hall–Kier alpha value is -2.41. The first-order valence-electron chi connectivity index (χ1n) is 8.31. The van der Waals surface area contributed by atoms with Gasteiger partial charge in [0, 0.05) is 37.4 Å². The highest BCUT2D eigenvalue weighted by atomic mass is 32.1. The molecule has 2 amide bonds. The van der Waals surface area contributed by atoms with Gasteiger partial charge in [0.1, 0.15) is 6.61 Å². The molecule has 0 unspecified atom stereocenters.